The van der Waals surface area contributed by atoms with Crippen LogP contribution in [0.5, 0.6) is 0 Å². The number of likely N-dealkylation sites (tertiary alicyclic amines) is 1. The number of aryl methyl sites for hydroxylation is 1. The molecule has 2 aliphatic rings. The van der Waals surface area contributed by atoms with Crippen molar-refractivity contribution in [1.82, 2.24) is 25.8 Å². The normalized spacial score (nSPS) is 23.5. The van der Waals surface area contributed by atoms with Gasteiger partial charge in [0.05, 0.1) is 42.7 Å². The first-order valence-corrected chi connectivity index (χ1v) is 20.0. The van der Waals surface area contributed by atoms with Gasteiger partial charge in [-0.1, -0.05) is 91.6 Å². The molecule has 1 aromatic rings. The maximum absolute atomic E-state index is 14.5. The van der Waals surface area contributed by atoms with Crippen LogP contribution in [0.3, 0.4) is 0 Å². The number of aliphatic carboxylic acids is 1. The number of nitrogens with one attached hydrogen (secondary N) is 3. The number of likely N-dealkylation sites (N-methyl/N-ethyl adjacent to an activating group) is 2. The predicted molar refractivity (Wildman–Crippen MR) is 212 cm³/mol. The standard InChI is InChI=1S/C42H69N5O8/c1-14-25(7)36(46(11)41(51)35(23(4)5)45-40(50)34(43-10)22(2)3)32(54-12)21-33(48)47-31(20-29-26(8)37(29)47)38(55-13)27(9)39(49)44-30(42(52)53)19-28-17-15-24(6)16-18-28/h15-18,22-23,25-27,29-32,34-38,43H,14,19-21H2,1-13H3,(H,44,49)(H,45,50)(H,52,53)/t25-,26-,27+,29+,30-,31-,32+,34-,35-,36-,37-,38+/m0/s1. The van der Waals surface area contributed by atoms with E-state index in [0.29, 0.717) is 6.42 Å². The average molecular weight is 772 g/mol. The van der Waals surface area contributed by atoms with Gasteiger partial charge in [0.25, 0.3) is 0 Å². The van der Waals surface area contributed by atoms with Crippen molar-refractivity contribution in [3.63, 3.8) is 0 Å². The Balaban J connectivity index is 1.83. The molecule has 2 fully saturated rings. The summed E-state index contributed by atoms with van der Waals surface area (Å²) in [6, 6.07) is 4.24. The predicted octanol–water partition coefficient (Wildman–Crippen LogP) is 3.66. The van der Waals surface area contributed by atoms with Crippen LogP contribution in [-0.4, -0.2) is 121 Å². The Hall–Kier alpha value is -3.55. The minimum atomic E-state index is -1.13. The van der Waals surface area contributed by atoms with E-state index in [2.05, 4.69) is 22.9 Å². The van der Waals surface area contributed by atoms with Crippen molar-refractivity contribution in [1.29, 1.82) is 0 Å². The third-order valence-corrected chi connectivity index (χ3v) is 12.3. The number of nitrogens with zero attached hydrogens (tertiary/aromatic N) is 2. The summed E-state index contributed by atoms with van der Waals surface area (Å²) in [4.78, 5) is 71.4. The molecule has 0 aromatic heterocycles. The van der Waals surface area contributed by atoms with Crippen molar-refractivity contribution in [2.24, 2.45) is 35.5 Å². The number of ether oxygens (including phenoxy) is 2. The van der Waals surface area contributed by atoms with Crippen LogP contribution in [-0.2, 0) is 39.9 Å². The lowest BCUT2D eigenvalue weighted by molar-refractivity contribution is -0.149. The van der Waals surface area contributed by atoms with Gasteiger partial charge in [0.1, 0.15) is 12.1 Å². The Labute approximate surface area is 329 Å². The Morgan fingerprint density at radius 1 is 0.927 bits per heavy atom. The third-order valence-electron chi connectivity index (χ3n) is 12.3. The molecule has 13 nitrogen and oxygen atoms in total. The Morgan fingerprint density at radius 3 is 2.02 bits per heavy atom. The number of carbonyl (C=O) groups excluding carboxylic acids is 4. The van der Waals surface area contributed by atoms with Crippen molar-refractivity contribution in [3.05, 3.63) is 35.4 Å². The van der Waals surface area contributed by atoms with Gasteiger partial charge in [-0.25, -0.2) is 4.79 Å². The Bertz CT molecular complexity index is 1470. The first-order valence-electron chi connectivity index (χ1n) is 20.0. The molecule has 1 aromatic carbocycles. The smallest absolute Gasteiger partial charge is 0.326 e. The van der Waals surface area contributed by atoms with Gasteiger partial charge in [-0.15, -0.1) is 0 Å². The molecule has 12 atom stereocenters. The van der Waals surface area contributed by atoms with Crippen molar-refractivity contribution in [3.8, 4) is 0 Å². The van der Waals surface area contributed by atoms with Gasteiger partial charge in [-0.3, -0.25) is 19.2 Å². The maximum atomic E-state index is 14.5. The minimum absolute atomic E-state index is 0.00189. The van der Waals surface area contributed by atoms with Gasteiger partial charge in [0.2, 0.25) is 23.6 Å². The summed E-state index contributed by atoms with van der Waals surface area (Å²) in [6.45, 7) is 17.5. The molecule has 55 heavy (non-hydrogen) atoms. The molecule has 4 N–H and O–H groups in total. The second-order valence-electron chi connectivity index (χ2n) is 16.7. The van der Waals surface area contributed by atoms with E-state index >= 15 is 0 Å². The lowest BCUT2D eigenvalue weighted by Gasteiger charge is -2.41. The molecule has 1 aliphatic carbocycles. The van der Waals surface area contributed by atoms with Crippen LogP contribution in [0.2, 0.25) is 0 Å². The number of amides is 4. The molecular formula is C42H69N5O8. The Morgan fingerprint density at radius 2 is 1.53 bits per heavy atom. The van der Waals surface area contributed by atoms with Crippen molar-refractivity contribution in [2.75, 3.05) is 28.3 Å². The molecule has 13 heteroatoms. The fourth-order valence-electron chi connectivity index (χ4n) is 8.65. The van der Waals surface area contributed by atoms with E-state index in [1.165, 1.54) is 7.11 Å². The van der Waals surface area contributed by atoms with Gasteiger partial charge in [-0.2, -0.15) is 0 Å². The first kappa shape index (κ1) is 45.8. The minimum Gasteiger partial charge on any atom is -0.480 e. The molecule has 1 saturated heterocycles. The summed E-state index contributed by atoms with van der Waals surface area (Å²) < 4.78 is 12.0. The highest BCUT2D eigenvalue weighted by Crippen LogP contribution is 2.54. The largest absolute Gasteiger partial charge is 0.480 e. The second-order valence-corrected chi connectivity index (χ2v) is 16.7. The number of fused-ring (bicyclic) bond motifs is 1. The number of methoxy groups -OCH3 is 2. The van der Waals surface area contributed by atoms with Gasteiger partial charge < -0.3 is 40.3 Å². The molecular weight excluding hydrogens is 702 g/mol. The zero-order chi connectivity index (χ0) is 41.5. The lowest BCUT2D eigenvalue weighted by Crippen LogP contribution is -2.59. The van der Waals surface area contributed by atoms with E-state index in [1.807, 2.05) is 77.6 Å². The topological polar surface area (TPSA) is 167 Å². The second kappa shape index (κ2) is 20.0. The fraction of sp³-hybridized carbons (Fsp3) is 0.738. The average Bonchev–Trinajstić information content (AvgIpc) is 3.56. The molecule has 1 heterocycles. The fourth-order valence-corrected chi connectivity index (χ4v) is 8.65. The SMILES string of the molecule is CC[C@H](C)[C@@H]([C@@H](CC(=O)N1[C@H]2[C@@H](C)[C@H]2C[C@H]1[C@H](OC)[C@@H](C)C(=O)N[C@@H](Cc1ccc(C)cc1)C(=O)O)OC)N(C)C(=O)[C@@H](NC(=O)[C@@H](NC)C(C)C)C(C)C. The summed E-state index contributed by atoms with van der Waals surface area (Å²) >= 11 is 0. The van der Waals surface area contributed by atoms with Crippen LogP contribution in [0.25, 0.3) is 0 Å². The zero-order valence-electron chi connectivity index (χ0n) is 35.4. The van der Waals surface area contributed by atoms with Gasteiger partial charge in [0.15, 0.2) is 0 Å². The van der Waals surface area contributed by atoms with Crippen LogP contribution >= 0.6 is 0 Å². The number of hydrogen-bond acceptors (Lipinski definition) is 8. The van der Waals surface area contributed by atoms with Crippen molar-refractivity contribution in [2.45, 2.75) is 136 Å². The third kappa shape index (κ3) is 10.9. The molecule has 0 bridgehead atoms. The molecule has 0 radical (unpaired) electrons. The summed E-state index contributed by atoms with van der Waals surface area (Å²) in [5, 5.41) is 18.7. The van der Waals surface area contributed by atoms with E-state index in [1.54, 1.807) is 33.0 Å². The molecule has 3 rings (SSSR count). The van der Waals surface area contributed by atoms with Crippen LogP contribution in [0.15, 0.2) is 24.3 Å². The van der Waals surface area contributed by atoms with Crippen molar-refractivity contribution < 1.29 is 38.6 Å². The number of carboxylic acid groups (broad SMARTS) is 1. The number of rotatable bonds is 21. The maximum Gasteiger partial charge on any atom is 0.326 e. The number of hydrogen-bond donors (Lipinski definition) is 4. The zero-order valence-corrected chi connectivity index (χ0v) is 35.4. The van der Waals surface area contributed by atoms with E-state index < -0.39 is 60.2 Å². The molecule has 0 unspecified atom stereocenters. The van der Waals surface area contributed by atoms with E-state index in [4.69, 9.17) is 9.47 Å². The number of piperidine rings is 1. The number of carboxylic acids is 1. The van der Waals surface area contributed by atoms with Crippen molar-refractivity contribution >= 4 is 29.6 Å². The molecule has 1 saturated carbocycles. The summed E-state index contributed by atoms with van der Waals surface area (Å²) in [5.74, 6) is -2.67. The van der Waals surface area contributed by atoms with E-state index in [9.17, 15) is 29.1 Å². The summed E-state index contributed by atoms with van der Waals surface area (Å²) in [5.41, 5.74) is 1.85. The lowest BCUT2D eigenvalue weighted by atomic mass is 9.89. The summed E-state index contributed by atoms with van der Waals surface area (Å²) in [6.07, 6.45) is 0.164. The van der Waals surface area contributed by atoms with Crippen LogP contribution in [0.1, 0.15) is 85.8 Å². The molecule has 1 aliphatic heterocycles. The van der Waals surface area contributed by atoms with Gasteiger partial charge >= 0.3 is 5.97 Å². The highest BCUT2D eigenvalue weighted by atomic mass is 16.5. The van der Waals surface area contributed by atoms with Crippen LogP contribution in [0, 0.1) is 42.4 Å². The van der Waals surface area contributed by atoms with Crippen LogP contribution in [0.4, 0.5) is 0 Å². The number of carbonyl (C=O) groups is 5. The first-order chi connectivity index (χ1) is 25.8. The highest BCUT2D eigenvalue weighted by molar-refractivity contribution is 5.90. The highest BCUT2D eigenvalue weighted by Gasteiger charge is 2.62. The number of benzene rings is 1. The monoisotopic (exact) mass is 772 g/mol. The summed E-state index contributed by atoms with van der Waals surface area (Å²) in [7, 11) is 6.52. The van der Waals surface area contributed by atoms with Crippen LogP contribution < -0.4 is 16.0 Å². The van der Waals surface area contributed by atoms with Gasteiger partial charge in [0, 0.05) is 33.7 Å². The molecule has 0 spiro atoms. The quantitative estimate of drug-likeness (QED) is 0.146. The van der Waals surface area contributed by atoms with Gasteiger partial charge in [-0.05, 0) is 55.5 Å². The molecule has 4 amide bonds. The molecule has 310 valence electrons. The van der Waals surface area contributed by atoms with E-state index in [0.717, 1.165) is 17.5 Å². The Kier molecular flexibility index (Phi) is 16.7. The van der Waals surface area contributed by atoms with E-state index in [-0.39, 0.29) is 66.2 Å².